The molecule has 0 saturated carbocycles. The zero-order valence-corrected chi connectivity index (χ0v) is 12.1. The minimum atomic E-state index is -0.505. The molecule has 0 aliphatic carbocycles. The first kappa shape index (κ1) is 15.7. The molecule has 0 heterocycles. The predicted molar refractivity (Wildman–Crippen MR) is 32.7 cm³/mol. The van der Waals surface area contributed by atoms with E-state index in [1.807, 2.05) is 0 Å². The summed E-state index contributed by atoms with van der Waals surface area (Å²) in [5, 5.41) is 0. The molecule has 3 heteroatoms. The summed E-state index contributed by atoms with van der Waals surface area (Å²) >= 11 is 0. The van der Waals surface area contributed by atoms with Gasteiger partial charge in [-0.05, 0) is 0 Å². The second kappa shape index (κ2) is 16.4. The minimum Gasteiger partial charge on any atom is -0.637 e. The van der Waals surface area contributed by atoms with Gasteiger partial charge in [-0.2, -0.15) is 14.0 Å². The Morgan fingerprint density at radius 3 is 2.00 bits per heavy atom. The van der Waals surface area contributed by atoms with E-state index in [-0.39, 0.29) is 0 Å². The molecule has 0 spiro atoms. The van der Waals surface area contributed by atoms with Gasteiger partial charge in [-0.15, -0.1) is 0 Å². The van der Waals surface area contributed by atoms with Crippen LogP contribution in [0.4, 0.5) is 0 Å². The predicted octanol–water partition coefficient (Wildman–Crippen LogP) is 1.35. The number of hydrogen-bond acceptors (Lipinski definition) is 2. The Bertz CT molecular complexity index is 71.5. The van der Waals surface area contributed by atoms with Crippen molar-refractivity contribution < 1.29 is 9.53 Å². The van der Waals surface area contributed by atoms with Crippen molar-refractivity contribution in [2.45, 2.75) is 6.92 Å². The van der Waals surface area contributed by atoms with Crippen LogP contribution >= 0.6 is 0 Å². The summed E-state index contributed by atoms with van der Waals surface area (Å²) in [7, 11) is 2.84. The first-order valence-corrected chi connectivity index (χ1v) is 2.10. The molecule has 0 aromatic heterocycles. The molecule has 0 radical (unpaired) electrons. The molecule has 0 aromatic rings. The van der Waals surface area contributed by atoms with E-state index in [9.17, 15) is 4.79 Å². The van der Waals surface area contributed by atoms with Crippen LogP contribution in [0, 0.1) is 14.0 Å². The van der Waals surface area contributed by atoms with Crippen molar-refractivity contribution in [3.05, 3.63) is 26.7 Å². The van der Waals surface area contributed by atoms with Crippen molar-refractivity contribution in [2.24, 2.45) is 0 Å². The van der Waals surface area contributed by atoms with E-state index in [1.165, 1.54) is 0 Å². The molecule has 2 nitrogen and oxygen atoms in total. The van der Waals surface area contributed by atoms with Crippen molar-refractivity contribution in [1.82, 2.24) is 0 Å². The zero-order valence-electron chi connectivity index (χ0n) is 5.72. The molecule has 0 rings (SSSR count). The molecule has 0 aliphatic heterocycles. The van der Waals surface area contributed by atoms with Gasteiger partial charge < -0.3 is 11.7 Å². The molecular formula is C6H10O2Rf-2. The zero-order chi connectivity index (χ0) is 6.99. The minimum absolute atomic E-state index is 0. The molecule has 0 saturated heterocycles. The molecule has 0 unspecified atom stereocenters. The van der Waals surface area contributed by atoms with Crippen LogP contribution in [-0.4, -0.2) is 5.97 Å². The molecule has 0 N–H and O–H groups in total. The van der Waals surface area contributed by atoms with Crippen LogP contribution in [-0.2, 0) is 9.53 Å². The SMILES string of the molecule is C=CC(=O)O[CH2-].[CH2-]C.[Rf]. The van der Waals surface area contributed by atoms with Crippen molar-refractivity contribution in [3.8, 4) is 0 Å². The van der Waals surface area contributed by atoms with Gasteiger partial charge in [-0.1, -0.05) is 6.58 Å². The van der Waals surface area contributed by atoms with Gasteiger partial charge >= 0.3 is 0 Å². The fraction of sp³-hybridized carbons (Fsp3) is 0.167. The first-order valence-electron chi connectivity index (χ1n) is 2.10. The van der Waals surface area contributed by atoms with E-state index in [0.29, 0.717) is 0 Å². The van der Waals surface area contributed by atoms with Crippen LogP contribution in [0.15, 0.2) is 12.7 Å². The molecule has 50 valence electrons. The number of rotatable bonds is 1. The summed E-state index contributed by atoms with van der Waals surface area (Å²) in [5.74, 6) is -0.505. The normalized spacial score (nSPS) is 5.22. The maximum absolute atomic E-state index is 9.78. The fourth-order valence-corrected chi connectivity index (χ4v) is 0.0589. The van der Waals surface area contributed by atoms with Crippen LogP contribution in [0.1, 0.15) is 6.92 Å². The maximum atomic E-state index is 9.78. The van der Waals surface area contributed by atoms with Crippen molar-refractivity contribution in [2.75, 3.05) is 0 Å². The molecule has 9 heavy (non-hydrogen) atoms. The molecular weight excluding hydrogens is 371 g/mol. The average molecular weight is 381 g/mol. The van der Waals surface area contributed by atoms with Crippen LogP contribution in [0.5, 0.6) is 0 Å². The van der Waals surface area contributed by atoms with Gasteiger partial charge in [0.15, 0.2) is 0 Å². The molecule has 0 atom stereocenters. The number of ether oxygens (including phenoxy) is 1. The smallest absolute Gasteiger partial charge is 0.298 e. The Labute approximate surface area is 50.2 Å². The van der Waals surface area contributed by atoms with Gasteiger partial charge in [0.05, 0.1) is 0 Å². The topological polar surface area (TPSA) is 26.3 Å². The van der Waals surface area contributed by atoms with E-state index in [4.69, 9.17) is 0 Å². The third-order valence-electron chi connectivity index (χ3n) is 0.309. The maximum Gasteiger partial charge on any atom is 0.298 e. The van der Waals surface area contributed by atoms with Gasteiger partial charge in [0.25, 0.3) is 5.97 Å². The average Bonchev–Trinajstić information content (AvgIpc) is 1.91. The van der Waals surface area contributed by atoms with Gasteiger partial charge in [0.2, 0.25) is 0 Å². The van der Waals surface area contributed by atoms with E-state index in [0.717, 1.165) is 6.08 Å². The number of carbonyl (C=O) groups excluding carboxylic acids is 1. The Balaban J connectivity index is -0.000000109. The largest absolute Gasteiger partial charge is 0.637 e. The summed E-state index contributed by atoms with van der Waals surface area (Å²) in [6.07, 6.45) is 1.05. The van der Waals surface area contributed by atoms with E-state index in [2.05, 4.69) is 25.3 Å². The van der Waals surface area contributed by atoms with Crippen LogP contribution in [0.2, 0.25) is 0 Å². The van der Waals surface area contributed by atoms with Gasteiger partial charge in [-0.25, -0.2) is 4.79 Å². The third-order valence-corrected chi connectivity index (χ3v) is 0.309. The summed E-state index contributed by atoms with van der Waals surface area (Å²) in [6, 6.07) is 0. The molecule has 0 fully saturated rings. The monoisotopic (exact) mass is 381 g/mol. The molecule has 0 aromatic carbocycles. The Morgan fingerprint density at radius 1 is 1.67 bits per heavy atom. The van der Waals surface area contributed by atoms with Crippen LogP contribution < -0.4 is 0 Å². The van der Waals surface area contributed by atoms with E-state index in [1.54, 1.807) is 6.92 Å². The molecule has 0 amide bonds. The van der Waals surface area contributed by atoms with Gasteiger partial charge in [0, 0.05) is 6.08 Å². The second-order valence-electron chi connectivity index (χ2n) is 0.667. The first-order chi connectivity index (χ1) is 3.81. The van der Waals surface area contributed by atoms with Crippen LogP contribution in [0.3, 0.4) is 0 Å². The summed E-state index contributed by atoms with van der Waals surface area (Å²) in [6.45, 7) is 8.12. The van der Waals surface area contributed by atoms with E-state index >= 15 is 0 Å². The Kier molecular flexibility index (Phi) is 28.5. The Hall–Kier alpha value is -1.79. The van der Waals surface area contributed by atoms with Gasteiger partial charge in [0.1, 0.15) is 0 Å². The third kappa shape index (κ3) is 22.5. The fourth-order valence-electron chi connectivity index (χ4n) is 0.0589. The molecule has 0 aliphatic rings. The number of carbonyl (C=O) groups is 1. The van der Waals surface area contributed by atoms with Gasteiger partial charge in [-0.3, -0.25) is 0 Å². The number of hydrogen-bond donors (Lipinski definition) is 0. The van der Waals surface area contributed by atoms with Crippen molar-refractivity contribution >= 4 is 5.97 Å². The van der Waals surface area contributed by atoms with Crippen molar-refractivity contribution in [1.29, 1.82) is 0 Å². The summed E-state index contributed by atoms with van der Waals surface area (Å²) in [4.78, 5) is 9.78. The van der Waals surface area contributed by atoms with E-state index < -0.39 is 5.97 Å². The summed E-state index contributed by atoms with van der Waals surface area (Å²) in [5.41, 5.74) is 0. The molecule has 0 bridgehead atoms. The summed E-state index contributed by atoms with van der Waals surface area (Å²) < 4.78 is 3.89. The standard InChI is InChI=1S/C4H5O2.C2H5.Rf/c1-3-4(5)6-2;1-2;/h3H,1-2H2;1H2,2H3;/q2*-1;. The quantitative estimate of drug-likeness (QED) is 0.390. The number of esters is 1. The van der Waals surface area contributed by atoms with Crippen molar-refractivity contribution in [3.63, 3.8) is 0 Å². The second-order valence-corrected chi connectivity index (χ2v) is 0.667. The Morgan fingerprint density at radius 2 is 2.00 bits per heavy atom. The van der Waals surface area contributed by atoms with Crippen LogP contribution in [0.25, 0.3) is 0 Å².